The number of nitrogens with one attached hydrogen (secondary N) is 1. The summed E-state index contributed by atoms with van der Waals surface area (Å²) >= 11 is 1.75. The average Bonchev–Trinajstić information content (AvgIpc) is 2.89. The summed E-state index contributed by atoms with van der Waals surface area (Å²) in [5, 5.41) is 3.83. The number of rotatable bonds is 3. The minimum atomic E-state index is 0.290. The lowest BCUT2D eigenvalue weighted by Crippen LogP contribution is -2.33. The van der Waals surface area contributed by atoms with Gasteiger partial charge >= 0.3 is 0 Å². The number of benzene rings is 1. The first-order valence-corrected chi connectivity index (χ1v) is 8.62. The van der Waals surface area contributed by atoms with Crippen LogP contribution in [0.4, 0.5) is 0 Å². The third-order valence-electron chi connectivity index (χ3n) is 4.75. The van der Waals surface area contributed by atoms with Crippen LogP contribution in [0.3, 0.4) is 0 Å². The quantitative estimate of drug-likeness (QED) is 0.870. The van der Waals surface area contributed by atoms with E-state index in [2.05, 4.69) is 62.3 Å². The zero-order valence-electron chi connectivity index (χ0n) is 13.3. The highest BCUT2D eigenvalue weighted by Gasteiger charge is 2.32. The molecule has 112 valence electrons. The van der Waals surface area contributed by atoms with Crippen LogP contribution >= 0.6 is 11.3 Å². The number of hydrogen-bond donors (Lipinski definition) is 1. The summed E-state index contributed by atoms with van der Waals surface area (Å²) in [5.74, 6) is 0. The number of nitrogens with zero attached hydrogens (tertiary/aromatic N) is 1. The van der Waals surface area contributed by atoms with E-state index in [0.29, 0.717) is 17.5 Å². The Morgan fingerprint density at radius 2 is 2.10 bits per heavy atom. The van der Waals surface area contributed by atoms with Crippen LogP contribution < -0.4 is 5.32 Å². The van der Waals surface area contributed by atoms with Crippen LogP contribution in [0.1, 0.15) is 67.4 Å². The van der Waals surface area contributed by atoms with Gasteiger partial charge in [-0.25, -0.2) is 4.98 Å². The van der Waals surface area contributed by atoms with Crippen LogP contribution in [0.15, 0.2) is 29.8 Å². The Balaban J connectivity index is 1.86. The molecule has 0 aliphatic heterocycles. The molecule has 0 saturated heterocycles. The Morgan fingerprint density at radius 1 is 1.33 bits per heavy atom. The van der Waals surface area contributed by atoms with E-state index in [1.165, 1.54) is 28.8 Å². The smallest absolute Gasteiger partial charge is 0.0798 e. The van der Waals surface area contributed by atoms with E-state index in [9.17, 15) is 0 Å². The number of aryl methyl sites for hydroxylation is 1. The highest BCUT2D eigenvalue weighted by atomic mass is 32.1. The molecule has 1 aliphatic rings. The van der Waals surface area contributed by atoms with Gasteiger partial charge < -0.3 is 5.32 Å². The van der Waals surface area contributed by atoms with Crippen molar-refractivity contribution in [3.63, 3.8) is 0 Å². The van der Waals surface area contributed by atoms with Gasteiger partial charge in [0.05, 0.1) is 11.2 Å². The topological polar surface area (TPSA) is 24.9 Å². The Morgan fingerprint density at radius 3 is 2.81 bits per heavy atom. The normalized spacial score (nSPS) is 21.8. The lowest BCUT2D eigenvalue weighted by molar-refractivity contribution is 0.341. The Kier molecular flexibility index (Phi) is 3.89. The molecule has 3 rings (SSSR count). The van der Waals surface area contributed by atoms with Gasteiger partial charge in [0, 0.05) is 17.0 Å². The molecule has 0 spiro atoms. The maximum absolute atomic E-state index is 4.38. The summed E-state index contributed by atoms with van der Waals surface area (Å²) in [6, 6.07) is 9.73. The first-order valence-electron chi connectivity index (χ1n) is 7.74. The molecule has 0 amide bonds. The molecule has 0 radical (unpaired) electrons. The SMILES string of the molecule is Cc1ncsc1[C@H](C)N[C@@H]1CCC(C)(C)c2ccccc21. The van der Waals surface area contributed by atoms with E-state index in [1.54, 1.807) is 11.3 Å². The molecule has 0 fully saturated rings. The van der Waals surface area contributed by atoms with Crippen molar-refractivity contribution in [3.05, 3.63) is 51.5 Å². The van der Waals surface area contributed by atoms with Crippen LogP contribution in [0, 0.1) is 6.92 Å². The lowest BCUT2D eigenvalue weighted by atomic mass is 9.71. The standard InChI is InChI=1S/C18H24N2S/c1-12-17(21-11-19-12)13(2)20-16-9-10-18(3,4)15-8-6-5-7-14(15)16/h5-8,11,13,16,20H,9-10H2,1-4H3/t13-,16+/m0/s1. The zero-order chi connectivity index (χ0) is 15.0. The van der Waals surface area contributed by atoms with Crippen molar-refractivity contribution in [3.8, 4) is 0 Å². The van der Waals surface area contributed by atoms with Gasteiger partial charge in [-0.1, -0.05) is 38.1 Å². The predicted molar refractivity (Wildman–Crippen MR) is 89.8 cm³/mol. The van der Waals surface area contributed by atoms with Crippen molar-refractivity contribution < 1.29 is 0 Å². The van der Waals surface area contributed by atoms with E-state index in [0.717, 1.165) is 5.69 Å². The fraction of sp³-hybridized carbons (Fsp3) is 0.500. The molecule has 0 unspecified atom stereocenters. The van der Waals surface area contributed by atoms with E-state index in [-0.39, 0.29) is 0 Å². The van der Waals surface area contributed by atoms with E-state index < -0.39 is 0 Å². The summed E-state index contributed by atoms with van der Waals surface area (Å²) in [5.41, 5.74) is 6.37. The van der Waals surface area contributed by atoms with Crippen molar-refractivity contribution in [2.24, 2.45) is 0 Å². The van der Waals surface area contributed by atoms with Gasteiger partial charge in [0.2, 0.25) is 0 Å². The first-order chi connectivity index (χ1) is 9.99. The second kappa shape index (κ2) is 5.54. The monoisotopic (exact) mass is 300 g/mol. The molecule has 21 heavy (non-hydrogen) atoms. The molecule has 3 heteroatoms. The molecule has 0 bridgehead atoms. The average molecular weight is 300 g/mol. The van der Waals surface area contributed by atoms with Gasteiger partial charge in [-0.3, -0.25) is 0 Å². The second-order valence-corrected chi connectivity index (χ2v) is 7.64. The third kappa shape index (κ3) is 2.77. The van der Waals surface area contributed by atoms with Crippen LogP contribution in [0.25, 0.3) is 0 Å². The van der Waals surface area contributed by atoms with E-state index in [1.807, 2.05) is 5.51 Å². The number of aromatic nitrogens is 1. The van der Waals surface area contributed by atoms with Crippen molar-refractivity contribution in [2.45, 2.75) is 58.0 Å². The number of fused-ring (bicyclic) bond motifs is 1. The molecule has 2 atom stereocenters. The van der Waals surface area contributed by atoms with Crippen molar-refractivity contribution in [2.75, 3.05) is 0 Å². The van der Waals surface area contributed by atoms with Gasteiger partial charge in [0.15, 0.2) is 0 Å². The van der Waals surface area contributed by atoms with Gasteiger partial charge in [-0.15, -0.1) is 11.3 Å². The van der Waals surface area contributed by atoms with Gasteiger partial charge in [0.25, 0.3) is 0 Å². The summed E-state index contributed by atoms with van der Waals surface area (Å²) in [4.78, 5) is 5.74. The first kappa shape index (κ1) is 14.7. The van der Waals surface area contributed by atoms with E-state index in [4.69, 9.17) is 0 Å². The second-order valence-electron chi connectivity index (χ2n) is 6.75. The van der Waals surface area contributed by atoms with E-state index >= 15 is 0 Å². The molecular formula is C18H24N2S. The maximum Gasteiger partial charge on any atom is 0.0798 e. The predicted octanol–water partition coefficient (Wildman–Crippen LogP) is 4.91. The molecular weight excluding hydrogens is 276 g/mol. The zero-order valence-corrected chi connectivity index (χ0v) is 14.1. The van der Waals surface area contributed by atoms with Gasteiger partial charge in [0.1, 0.15) is 0 Å². The summed E-state index contributed by atoms with van der Waals surface area (Å²) in [7, 11) is 0. The van der Waals surface area contributed by atoms with Gasteiger partial charge in [-0.05, 0) is 43.2 Å². The molecule has 1 aliphatic carbocycles. The van der Waals surface area contributed by atoms with Crippen LogP contribution in [0.2, 0.25) is 0 Å². The minimum absolute atomic E-state index is 0.290. The number of hydrogen-bond acceptors (Lipinski definition) is 3. The van der Waals surface area contributed by atoms with Gasteiger partial charge in [-0.2, -0.15) is 0 Å². The van der Waals surface area contributed by atoms with Crippen molar-refractivity contribution in [1.82, 2.24) is 10.3 Å². The van der Waals surface area contributed by atoms with Crippen LogP contribution in [0.5, 0.6) is 0 Å². The van der Waals surface area contributed by atoms with Crippen molar-refractivity contribution >= 4 is 11.3 Å². The third-order valence-corrected chi connectivity index (χ3v) is 5.86. The molecule has 1 aromatic carbocycles. The van der Waals surface area contributed by atoms with Crippen LogP contribution in [-0.4, -0.2) is 4.98 Å². The highest BCUT2D eigenvalue weighted by molar-refractivity contribution is 7.09. The Bertz CT molecular complexity index is 630. The molecule has 1 N–H and O–H groups in total. The summed E-state index contributed by atoms with van der Waals surface area (Å²) in [6.07, 6.45) is 2.43. The molecule has 1 heterocycles. The fourth-order valence-corrected chi connectivity index (χ4v) is 4.31. The summed E-state index contributed by atoms with van der Waals surface area (Å²) in [6.45, 7) is 9.07. The van der Waals surface area contributed by atoms with Crippen molar-refractivity contribution in [1.29, 1.82) is 0 Å². The Hall–Kier alpha value is -1.19. The lowest BCUT2D eigenvalue weighted by Gasteiger charge is -2.38. The maximum atomic E-state index is 4.38. The molecule has 2 aromatic rings. The molecule has 2 nitrogen and oxygen atoms in total. The molecule has 1 aromatic heterocycles. The summed E-state index contributed by atoms with van der Waals surface area (Å²) < 4.78 is 0. The molecule has 0 saturated carbocycles. The van der Waals surface area contributed by atoms with Crippen LogP contribution in [-0.2, 0) is 5.41 Å². The Labute approximate surface area is 131 Å². The number of thiazole rings is 1. The highest BCUT2D eigenvalue weighted by Crippen LogP contribution is 2.42. The minimum Gasteiger partial charge on any atom is -0.303 e. The fourth-order valence-electron chi connectivity index (χ4n) is 3.49. The largest absolute Gasteiger partial charge is 0.303 e.